The lowest BCUT2D eigenvalue weighted by Crippen LogP contribution is -2.04. The van der Waals surface area contributed by atoms with Crippen molar-refractivity contribution in [3.8, 4) is 0 Å². The summed E-state index contributed by atoms with van der Waals surface area (Å²) >= 11 is 1.30. The third-order valence-electron chi connectivity index (χ3n) is 0.953. The van der Waals surface area contributed by atoms with Crippen molar-refractivity contribution < 1.29 is 4.79 Å². The van der Waals surface area contributed by atoms with E-state index in [1.165, 1.54) is 17.4 Å². The number of hydrogen-bond donors (Lipinski definition) is 2. The fourth-order valence-electron chi connectivity index (χ4n) is 0.542. The molecule has 1 rings (SSSR count). The largest absolute Gasteiger partial charge is 0.375 e. The Bertz CT molecular complexity index is 292. The van der Waals surface area contributed by atoms with Gasteiger partial charge in [-0.15, -0.1) is 0 Å². The Morgan fingerprint density at radius 2 is 2.45 bits per heavy atom. The van der Waals surface area contributed by atoms with Gasteiger partial charge in [0.25, 0.3) is 0 Å². The first-order chi connectivity index (χ1) is 5.18. The lowest BCUT2D eigenvalue weighted by Gasteiger charge is -1.79. The molecule has 1 heterocycles. The van der Waals surface area contributed by atoms with Crippen molar-refractivity contribution in [2.75, 3.05) is 5.73 Å². The average Bonchev–Trinajstić information content (AvgIpc) is 2.31. The number of amides is 1. The highest BCUT2D eigenvalue weighted by molar-refractivity contribution is 7.16. The molecule has 0 bridgehead atoms. The number of anilines is 1. The van der Waals surface area contributed by atoms with E-state index in [0.717, 1.165) is 4.88 Å². The van der Waals surface area contributed by atoms with Gasteiger partial charge in [0.15, 0.2) is 5.13 Å². The topological polar surface area (TPSA) is 82.0 Å². The predicted octanol–water partition coefficient (Wildman–Crippen LogP) is 0.224. The standard InChI is InChI=1S/C6H7N3OS/c7-5(10)2-1-4-3-9-6(8)11-4/h1-3H,(H2,7,10)(H2,8,9). The molecule has 0 aliphatic carbocycles. The van der Waals surface area contributed by atoms with Crippen molar-refractivity contribution in [3.63, 3.8) is 0 Å². The highest BCUT2D eigenvalue weighted by Gasteiger charge is 1.92. The maximum atomic E-state index is 10.3. The second kappa shape index (κ2) is 3.16. The normalized spacial score (nSPS) is 10.5. The number of rotatable bonds is 2. The lowest BCUT2D eigenvalue weighted by atomic mass is 10.4. The molecule has 0 unspecified atom stereocenters. The molecule has 4 nitrogen and oxygen atoms in total. The second-order valence-corrected chi connectivity index (χ2v) is 2.93. The molecule has 0 aliphatic heterocycles. The van der Waals surface area contributed by atoms with E-state index in [0.29, 0.717) is 5.13 Å². The summed E-state index contributed by atoms with van der Waals surface area (Å²) in [4.78, 5) is 14.9. The van der Waals surface area contributed by atoms with Gasteiger partial charge in [0.1, 0.15) is 0 Å². The molecular formula is C6H7N3OS. The van der Waals surface area contributed by atoms with Gasteiger partial charge in [-0.2, -0.15) is 0 Å². The zero-order valence-corrected chi connectivity index (χ0v) is 6.47. The van der Waals surface area contributed by atoms with Crippen LogP contribution in [0.15, 0.2) is 12.3 Å². The van der Waals surface area contributed by atoms with Gasteiger partial charge in [-0.05, 0) is 6.08 Å². The predicted molar refractivity (Wildman–Crippen MR) is 44.8 cm³/mol. The number of nitrogens with two attached hydrogens (primary N) is 2. The maximum absolute atomic E-state index is 10.3. The third-order valence-corrected chi connectivity index (χ3v) is 1.75. The second-order valence-electron chi connectivity index (χ2n) is 1.84. The Labute approximate surface area is 67.5 Å². The Hall–Kier alpha value is -1.36. The van der Waals surface area contributed by atoms with Gasteiger partial charge >= 0.3 is 0 Å². The van der Waals surface area contributed by atoms with Crippen LogP contribution in [0.3, 0.4) is 0 Å². The van der Waals surface area contributed by atoms with E-state index in [-0.39, 0.29) is 0 Å². The van der Waals surface area contributed by atoms with Gasteiger partial charge in [-0.3, -0.25) is 4.79 Å². The number of aromatic nitrogens is 1. The third kappa shape index (κ3) is 2.38. The summed E-state index contributed by atoms with van der Waals surface area (Å²) < 4.78 is 0. The minimum absolute atomic E-state index is 0.475. The molecule has 1 aromatic rings. The van der Waals surface area contributed by atoms with Crippen LogP contribution in [0.4, 0.5) is 5.13 Å². The molecule has 0 saturated heterocycles. The first kappa shape index (κ1) is 7.74. The summed E-state index contributed by atoms with van der Waals surface area (Å²) in [5, 5.41) is 0.481. The molecule has 1 amide bonds. The molecule has 1 aromatic heterocycles. The van der Waals surface area contributed by atoms with Gasteiger partial charge < -0.3 is 11.5 Å². The van der Waals surface area contributed by atoms with Gasteiger partial charge in [-0.1, -0.05) is 11.3 Å². The summed E-state index contributed by atoms with van der Waals surface area (Å²) in [6.45, 7) is 0. The number of primary amides is 1. The van der Waals surface area contributed by atoms with Gasteiger partial charge in [0.2, 0.25) is 5.91 Å². The Morgan fingerprint density at radius 3 is 2.91 bits per heavy atom. The molecule has 0 saturated carbocycles. The molecule has 58 valence electrons. The van der Waals surface area contributed by atoms with E-state index in [1.807, 2.05) is 0 Å². The monoisotopic (exact) mass is 169 g/mol. The van der Waals surface area contributed by atoms with Crippen molar-refractivity contribution >= 4 is 28.5 Å². The molecule has 0 aromatic carbocycles. The lowest BCUT2D eigenvalue weighted by molar-refractivity contribution is -0.113. The molecule has 0 aliphatic rings. The van der Waals surface area contributed by atoms with E-state index >= 15 is 0 Å². The summed E-state index contributed by atoms with van der Waals surface area (Å²) in [7, 11) is 0. The average molecular weight is 169 g/mol. The molecule has 11 heavy (non-hydrogen) atoms. The smallest absolute Gasteiger partial charge is 0.241 e. The van der Waals surface area contributed by atoms with Crippen molar-refractivity contribution in [2.45, 2.75) is 0 Å². The molecular weight excluding hydrogens is 162 g/mol. The molecule has 0 radical (unpaired) electrons. The van der Waals surface area contributed by atoms with Crippen LogP contribution in [0, 0.1) is 0 Å². The van der Waals surface area contributed by atoms with Crippen molar-refractivity contribution in [2.24, 2.45) is 5.73 Å². The fraction of sp³-hybridized carbons (Fsp3) is 0. The number of thiazole rings is 1. The summed E-state index contributed by atoms with van der Waals surface area (Å²) in [5.74, 6) is -0.475. The summed E-state index contributed by atoms with van der Waals surface area (Å²) in [6.07, 6.45) is 4.43. The minimum atomic E-state index is -0.475. The van der Waals surface area contributed by atoms with Gasteiger partial charge in [0, 0.05) is 17.2 Å². The molecule has 0 spiro atoms. The molecule has 0 fully saturated rings. The van der Waals surface area contributed by atoms with E-state index < -0.39 is 5.91 Å². The fourth-order valence-corrected chi connectivity index (χ4v) is 1.13. The Balaban J connectivity index is 2.71. The highest BCUT2D eigenvalue weighted by atomic mass is 32.1. The molecule has 5 heteroatoms. The first-order valence-corrected chi connectivity index (χ1v) is 3.69. The Kier molecular flexibility index (Phi) is 2.22. The maximum Gasteiger partial charge on any atom is 0.241 e. The van der Waals surface area contributed by atoms with Crippen LogP contribution in [0.25, 0.3) is 6.08 Å². The van der Waals surface area contributed by atoms with Gasteiger partial charge in [-0.25, -0.2) is 4.98 Å². The Morgan fingerprint density at radius 1 is 1.73 bits per heavy atom. The number of carbonyl (C=O) groups excluding carboxylic acids is 1. The zero-order valence-electron chi connectivity index (χ0n) is 5.65. The van der Waals surface area contributed by atoms with Crippen LogP contribution in [-0.4, -0.2) is 10.9 Å². The SMILES string of the molecule is NC(=O)C=Cc1cnc(N)s1. The number of hydrogen-bond acceptors (Lipinski definition) is 4. The number of carbonyl (C=O) groups is 1. The van der Waals surface area contributed by atoms with Gasteiger partial charge in [0.05, 0.1) is 0 Å². The molecule has 0 atom stereocenters. The van der Waals surface area contributed by atoms with E-state index in [2.05, 4.69) is 4.98 Å². The summed E-state index contributed by atoms with van der Waals surface area (Å²) in [5.41, 5.74) is 10.2. The van der Waals surface area contributed by atoms with E-state index in [9.17, 15) is 4.79 Å². The number of nitrogen functional groups attached to an aromatic ring is 1. The van der Waals surface area contributed by atoms with Crippen LogP contribution in [0.5, 0.6) is 0 Å². The van der Waals surface area contributed by atoms with E-state index in [4.69, 9.17) is 11.5 Å². The van der Waals surface area contributed by atoms with Crippen molar-refractivity contribution in [3.05, 3.63) is 17.2 Å². The zero-order chi connectivity index (χ0) is 8.27. The quantitative estimate of drug-likeness (QED) is 0.621. The van der Waals surface area contributed by atoms with Crippen LogP contribution in [0.1, 0.15) is 4.88 Å². The van der Waals surface area contributed by atoms with Crippen LogP contribution >= 0.6 is 11.3 Å². The first-order valence-electron chi connectivity index (χ1n) is 2.87. The summed E-state index contributed by atoms with van der Waals surface area (Å²) in [6, 6.07) is 0. The molecule has 4 N–H and O–H groups in total. The highest BCUT2D eigenvalue weighted by Crippen LogP contribution is 2.15. The van der Waals surface area contributed by atoms with Crippen LogP contribution in [-0.2, 0) is 4.79 Å². The van der Waals surface area contributed by atoms with Crippen LogP contribution < -0.4 is 11.5 Å². The van der Waals surface area contributed by atoms with Crippen molar-refractivity contribution in [1.29, 1.82) is 0 Å². The minimum Gasteiger partial charge on any atom is -0.375 e. The van der Waals surface area contributed by atoms with E-state index in [1.54, 1.807) is 12.3 Å². The van der Waals surface area contributed by atoms with Crippen LogP contribution in [0.2, 0.25) is 0 Å². The number of nitrogens with zero attached hydrogens (tertiary/aromatic N) is 1. The van der Waals surface area contributed by atoms with Crippen molar-refractivity contribution in [1.82, 2.24) is 4.98 Å².